The molecule has 0 saturated carbocycles. The number of piperidine rings is 1. The number of hydrogen-bond donors (Lipinski definition) is 2. The number of amides is 1. The van der Waals surface area contributed by atoms with Crippen molar-refractivity contribution in [2.75, 3.05) is 26.2 Å². The van der Waals surface area contributed by atoms with E-state index in [1.165, 1.54) is 12.1 Å². The topological polar surface area (TPSA) is 68.2 Å². The van der Waals surface area contributed by atoms with Crippen LogP contribution in [0.2, 0.25) is 0 Å². The van der Waals surface area contributed by atoms with Crippen molar-refractivity contribution in [3.8, 4) is 5.75 Å². The molecular formula is C18H24ClFN4O2. The van der Waals surface area contributed by atoms with Crippen molar-refractivity contribution in [1.82, 2.24) is 20.4 Å². The zero-order valence-electron chi connectivity index (χ0n) is 14.5. The molecule has 1 fully saturated rings. The molecule has 1 unspecified atom stereocenters. The minimum atomic E-state index is -0.289. The molecule has 2 aromatic rings. The molecular weight excluding hydrogens is 359 g/mol. The van der Waals surface area contributed by atoms with Crippen molar-refractivity contribution in [1.29, 1.82) is 0 Å². The normalized spacial score (nSPS) is 16.6. The maximum atomic E-state index is 12.8. The Morgan fingerprint density at radius 3 is 2.88 bits per heavy atom. The summed E-state index contributed by atoms with van der Waals surface area (Å²) in [7, 11) is 0. The van der Waals surface area contributed by atoms with Gasteiger partial charge in [0.2, 0.25) is 0 Å². The van der Waals surface area contributed by atoms with Crippen molar-refractivity contribution >= 4 is 18.3 Å². The number of hydrogen-bond acceptors (Lipinski definition) is 4. The molecule has 3 rings (SSSR count). The van der Waals surface area contributed by atoms with Gasteiger partial charge in [-0.25, -0.2) is 4.39 Å². The molecule has 1 amide bonds. The number of halogens is 2. The van der Waals surface area contributed by atoms with Crippen LogP contribution >= 0.6 is 12.4 Å². The number of aromatic nitrogens is 2. The first-order valence-corrected chi connectivity index (χ1v) is 8.65. The summed E-state index contributed by atoms with van der Waals surface area (Å²) in [5.41, 5.74) is 0.435. The fourth-order valence-electron chi connectivity index (χ4n) is 2.81. The number of nitrogens with one attached hydrogen (secondary N) is 2. The van der Waals surface area contributed by atoms with E-state index in [1.54, 1.807) is 18.2 Å². The molecule has 0 bridgehead atoms. The van der Waals surface area contributed by atoms with Gasteiger partial charge in [-0.15, -0.1) is 12.4 Å². The van der Waals surface area contributed by atoms with Crippen LogP contribution in [0.15, 0.2) is 36.5 Å². The standard InChI is InChI=1S/C18H23FN4O2.ClH/c19-14-4-6-16(7-5-14)25-12-2-10-21-18(24)17-8-11-23(22-17)15-3-1-9-20-13-15;/h4-8,11,15,20H,1-3,9-10,12-13H2,(H,21,24);1H. The molecule has 1 aromatic carbocycles. The largest absolute Gasteiger partial charge is 0.494 e. The maximum Gasteiger partial charge on any atom is 0.271 e. The van der Waals surface area contributed by atoms with Gasteiger partial charge < -0.3 is 15.4 Å². The fraction of sp³-hybridized carbons (Fsp3) is 0.444. The molecule has 0 aliphatic carbocycles. The molecule has 26 heavy (non-hydrogen) atoms. The number of rotatable bonds is 7. The number of carbonyl (C=O) groups is 1. The zero-order chi connectivity index (χ0) is 17.5. The van der Waals surface area contributed by atoms with Crippen LogP contribution in [0.5, 0.6) is 5.75 Å². The van der Waals surface area contributed by atoms with Gasteiger partial charge in [0.25, 0.3) is 5.91 Å². The monoisotopic (exact) mass is 382 g/mol. The summed E-state index contributed by atoms with van der Waals surface area (Å²) >= 11 is 0. The average molecular weight is 383 g/mol. The zero-order valence-corrected chi connectivity index (χ0v) is 15.3. The lowest BCUT2D eigenvalue weighted by Gasteiger charge is -2.22. The lowest BCUT2D eigenvalue weighted by Crippen LogP contribution is -2.32. The lowest BCUT2D eigenvalue weighted by molar-refractivity contribution is 0.0945. The Kier molecular flexibility index (Phi) is 7.87. The van der Waals surface area contributed by atoms with Gasteiger partial charge >= 0.3 is 0 Å². The molecule has 1 saturated heterocycles. The third kappa shape index (κ3) is 5.71. The van der Waals surface area contributed by atoms with Crippen LogP contribution in [-0.4, -0.2) is 41.9 Å². The van der Waals surface area contributed by atoms with Crippen molar-refractivity contribution < 1.29 is 13.9 Å². The van der Waals surface area contributed by atoms with E-state index in [2.05, 4.69) is 15.7 Å². The van der Waals surface area contributed by atoms with Crippen molar-refractivity contribution in [2.45, 2.75) is 25.3 Å². The van der Waals surface area contributed by atoms with E-state index in [0.29, 0.717) is 37.1 Å². The van der Waals surface area contributed by atoms with Crippen molar-refractivity contribution in [3.63, 3.8) is 0 Å². The Morgan fingerprint density at radius 2 is 2.15 bits per heavy atom. The Labute approximate surface area is 158 Å². The first-order chi connectivity index (χ1) is 12.2. The van der Waals surface area contributed by atoms with E-state index in [0.717, 1.165) is 25.9 Å². The Morgan fingerprint density at radius 1 is 1.35 bits per heavy atom. The fourth-order valence-corrected chi connectivity index (χ4v) is 2.81. The second-order valence-corrected chi connectivity index (χ2v) is 6.09. The highest BCUT2D eigenvalue weighted by Crippen LogP contribution is 2.15. The lowest BCUT2D eigenvalue weighted by atomic mass is 10.1. The maximum absolute atomic E-state index is 12.8. The quantitative estimate of drug-likeness (QED) is 0.722. The Bertz CT molecular complexity index is 687. The summed E-state index contributed by atoms with van der Waals surface area (Å²) in [6, 6.07) is 7.95. The highest BCUT2D eigenvalue weighted by Gasteiger charge is 2.17. The van der Waals surface area contributed by atoms with Gasteiger partial charge in [0.1, 0.15) is 17.3 Å². The van der Waals surface area contributed by atoms with Gasteiger partial charge in [-0.3, -0.25) is 9.48 Å². The minimum Gasteiger partial charge on any atom is -0.494 e. The predicted octanol–water partition coefficient (Wildman–Crippen LogP) is 2.57. The third-order valence-corrected chi connectivity index (χ3v) is 4.18. The molecule has 2 N–H and O–H groups in total. The summed E-state index contributed by atoms with van der Waals surface area (Å²) < 4.78 is 20.1. The molecule has 142 valence electrons. The van der Waals surface area contributed by atoms with Crippen LogP contribution in [0, 0.1) is 5.82 Å². The summed E-state index contributed by atoms with van der Waals surface area (Å²) in [5, 5.41) is 10.6. The second-order valence-electron chi connectivity index (χ2n) is 6.09. The SMILES string of the molecule is Cl.O=C(NCCCOc1ccc(F)cc1)c1ccn(C2CCCNC2)n1. The van der Waals surface area contributed by atoms with Crippen molar-refractivity contribution in [3.05, 3.63) is 48.0 Å². The van der Waals surface area contributed by atoms with E-state index in [1.807, 2.05) is 10.9 Å². The van der Waals surface area contributed by atoms with Crippen molar-refractivity contribution in [2.24, 2.45) is 0 Å². The molecule has 8 heteroatoms. The second kappa shape index (κ2) is 10.1. The van der Waals surface area contributed by atoms with Gasteiger partial charge in [-0.2, -0.15) is 5.10 Å². The molecule has 1 atom stereocenters. The number of carbonyl (C=O) groups excluding carboxylic acids is 1. The molecule has 1 aliphatic heterocycles. The highest BCUT2D eigenvalue weighted by molar-refractivity contribution is 5.92. The van der Waals surface area contributed by atoms with Gasteiger partial charge in [-0.1, -0.05) is 0 Å². The van der Waals surface area contributed by atoms with Gasteiger partial charge in [0.15, 0.2) is 0 Å². The average Bonchev–Trinajstić information content (AvgIpc) is 3.14. The summed E-state index contributed by atoms with van der Waals surface area (Å²) in [4.78, 5) is 12.1. The first kappa shape index (κ1) is 20.2. The van der Waals surface area contributed by atoms with Crippen LogP contribution in [0.1, 0.15) is 35.8 Å². The summed E-state index contributed by atoms with van der Waals surface area (Å²) in [6.45, 7) is 2.89. The molecule has 0 spiro atoms. The van der Waals surface area contributed by atoms with E-state index in [4.69, 9.17) is 4.74 Å². The van der Waals surface area contributed by atoms with Gasteiger partial charge in [0.05, 0.1) is 12.6 Å². The number of nitrogens with zero attached hydrogens (tertiary/aromatic N) is 2. The van der Waals surface area contributed by atoms with Crippen LogP contribution in [0.4, 0.5) is 4.39 Å². The minimum absolute atomic E-state index is 0. The van der Waals surface area contributed by atoms with Gasteiger partial charge in [-0.05, 0) is 56.1 Å². The molecule has 1 aliphatic rings. The Hall–Kier alpha value is -2.12. The van der Waals surface area contributed by atoms with E-state index < -0.39 is 0 Å². The molecule has 0 radical (unpaired) electrons. The Balaban J connectivity index is 0.00000243. The summed E-state index contributed by atoms with van der Waals surface area (Å²) in [5.74, 6) is 0.153. The summed E-state index contributed by atoms with van der Waals surface area (Å²) in [6.07, 6.45) is 4.73. The smallest absolute Gasteiger partial charge is 0.271 e. The third-order valence-electron chi connectivity index (χ3n) is 4.18. The number of ether oxygens (including phenoxy) is 1. The van der Waals surface area contributed by atoms with Crippen LogP contribution in [-0.2, 0) is 0 Å². The van der Waals surface area contributed by atoms with Crippen LogP contribution in [0.25, 0.3) is 0 Å². The predicted molar refractivity (Wildman–Crippen MR) is 99.5 cm³/mol. The van der Waals surface area contributed by atoms with E-state index in [9.17, 15) is 9.18 Å². The van der Waals surface area contributed by atoms with E-state index >= 15 is 0 Å². The molecule has 1 aromatic heterocycles. The van der Waals surface area contributed by atoms with Crippen LogP contribution < -0.4 is 15.4 Å². The van der Waals surface area contributed by atoms with Crippen LogP contribution in [0.3, 0.4) is 0 Å². The van der Waals surface area contributed by atoms with E-state index in [-0.39, 0.29) is 24.1 Å². The van der Waals surface area contributed by atoms with Gasteiger partial charge in [0, 0.05) is 19.3 Å². The first-order valence-electron chi connectivity index (χ1n) is 8.65. The molecule has 2 heterocycles. The highest BCUT2D eigenvalue weighted by atomic mass is 35.5. The number of benzene rings is 1. The molecule has 6 nitrogen and oxygen atoms in total.